The van der Waals surface area contributed by atoms with Gasteiger partial charge >= 0.3 is 0 Å². The Bertz CT molecular complexity index is 517. The summed E-state index contributed by atoms with van der Waals surface area (Å²) >= 11 is 0. The van der Waals surface area contributed by atoms with Crippen LogP contribution < -0.4 is 10.1 Å². The molecule has 0 aliphatic carbocycles. The molecule has 0 saturated heterocycles. The van der Waals surface area contributed by atoms with Crippen molar-refractivity contribution in [1.82, 2.24) is 15.5 Å². The lowest BCUT2D eigenvalue weighted by molar-refractivity contribution is 0.285. The van der Waals surface area contributed by atoms with Crippen molar-refractivity contribution in [2.75, 3.05) is 6.54 Å². The van der Waals surface area contributed by atoms with Gasteiger partial charge in [-0.3, -0.25) is 0 Å². The van der Waals surface area contributed by atoms with Crippen molar-refractivity contribution in [3.8, 4) is 5.75 Å². The molecule has 1 heterocycles. The zero-order valence-corrected chi connectivity index (χ0v) is 12.2. The van der Waals surface area contributed by atoms with Crippen molar-refractivity contribution in [2.45, 2.75) is 39.3 Å². The average molecular weight is 275 g/mol. The van der Waals surface area contributed by atoms with Gasteiger partial charge < -0.3 is 14.6 Å². The monoisotopic (exact) mass is 275 g/mol. The Morgan fingerprint density at radius 1 is 1.20 bits per heavy atom. The molecule has 0 atom stereocenters. The summed E-state index contributed by atoms with van der Waals surface area (Å²) in [6, 6.07) is 9.59. The van der Waals surface area contributed by atoms with Crippen molar-refractivity contribution in [3.63, 3.8) is 0 Å². The molecule has 0 radical (unpaired) electrons. The summed E-state index contributed by atoms with van der Waals surface area (Å²) in [5.74, 6) is 2.00. The second-order valence-electron chi connectivity index (χ2n) is 5.63. The molecule has 0 spiro atoms. The highest BCUT2D eigenvalue weighted by atomic mass is 16.5. The Morgan fingerprint density at radius 3 is 2.65 bits per heavy atom. The van der Waals surface area contributed by atoms with Gasteiger partial charge in [0.25, 0.3) is 0 Å². The first kappa shape index (κ1) is 14.5. The third-order valence-corrected chi connectivity index (χ3v) is 2.62. The van der Waals surface area contributed by atoms with Gasteiger partial charge in [-0.15, -0.1) is 0 Å². The van der Waals surface area contributed by atoms with Crippen molar-refractivity contribution >= 4 is 0 Å². The standard InChI is InChI=1S/C15H21N3O2/c1-15(2,3)16-10-9-14-17-13(18-20-14)11-19-12-7-5-4-6-8-12/h4-8,16H,9-11H2,1-3H3. The van der Waals surface area contributed by atoms with Crippen LogP contribution in [0.2, 0.25) is 0 Å². The second kappa shape index (κ2) is 6.52. The third-order valence-electron chi connectivity index (χ3n) is 2.62. The number of rotatable bonds is 6. The molecule has 0 aliphatic heterocycles. The molecule has 5 heteroatoms. The normalized spacial score (nSPS) is 11.6. The maximum atomic E-state index is 5.56. The Hall–Kier alpha value is -1.88. The number of aromatic nitrogens is 2. The predicted molar refractivity (Wildman–Crippen MR) is 76.5 cm³/mol. The van der Waals surface area contributed by atoms with Crippen LogP contribution in [0, 0.1) is 0 Å². The number of ether oxygens (including phenoxy) is 1. The summed E-state index contributed by atoms with van der Waals surface area (Å²) in [6.07, 6.45) is 0.718. The summed E-state index contributed by atoms with van der Waals surface area (Å²) in [7, 11) is 0. The van der Waals surface area contributed by atoms with E-state index in [0.717, 1.165) is 18.7 Å². The molecule has 0 fully saturated rings. The number of hydrogen-bond donors (Lipinski definition) is 1. The minimum Gasteiger partial charge on any atom is -0.485 e. The average Bonchev–Trinajstić information content (AvgIpc) is 2.84. The zero-order valence-electron chi connectivity index (χ0n) is 12.2. The summed E-state index contributed by atoms with van der Waals surface area (Å²) < 4.78 is 10.8. The third kappa shape index (κ3) is 5.01. The molecular weight excluding hydrogens is 254 g/mol. The lowest BCUT2D eigenvalue weighted by Crippen LogP contribution is -2.37. The van der Waals surface area contributed by atoms with Gasteiger partial charge in [0.15, 0.2) is 6.61 Å². The maximum Gasteiger partial charge on any atom is 0.228 e. The highest BCUT2D eigenvalue weighted by molar-refractivity contribution is 5.20. The van der Waals surface area contributed by atoms with Gasteiger partial charge in [0.05, 0.1) is 0 Å². The van der Waals surface area contributed by atoms with Crippen LogP contribution in [0.25, 0.3) is 0 Å². The largest absolute Gasteiger partial charge is 0.485 e. The van der Waals surface area contributed by atoms with Crippen LogP contribution in [0.1, 0.15) is 32.5 Å². The van der Waals surface area contributed by atoms with Crippen LogP contribution in [0.4, 0.5) is 0 Å². The van der Waals surface area contributed by atoms with Gasteiger partial charge in [-0.25, -0.2) is 0 Å². The lowest BCUT2D eigenvalue weighted by Gasteiger charge is -2.19. The number of hydrogen-bond acceptors (Lipinski definition) is 5. The molecule has 2 aromatic rings. The molecule has 0 bridgehead atoms. The fourth-order valence-electron chi connectivity index (χ4n) is 1.66. The second-order valence-corrected chi connectivity index (χ2v) is 5.63. The van der Waals surface area contributed by atoms with Crippen molar-refractivity contribution in [1.29, 1.82) is 0 Å². The molecule has 2 rings (SSSR count). The topological polar surface area (TPSA) is 60.2 Å². The van der Waals surface area contributed by atoms with E-state index in [0.29, 0.717) is 18.3 Å². The van der Waals surface area contributed by atoms with Gasteiger partial charge in [0, 0.05) is 18.5 Å². The molecule has 20 heavy (non-hydrogen) atoms. The van der Waals surface area contributed by atoms with E-state index in [4.69, 9.17) is 9.26 Å². The fraction of sp³-hybridized carbons (Fsp3) is 0.467. The molecule has 1 N–H and O–H groups in total. The first-order valence-electron chi connectivity index (χ1n) is 6.77. The van der Waals surface area contributed by atoms with Crippen molar-refractivity contribution in [3.05, 3.63) is 42.0 Å². The van der Waals surface area contributed by atoms with Gasteiger partial charge in [-0.05, 0) is 32.9 Å². The minimum atomic E-state index is 0.0965. The fourth-order valence-corrected chi connectivity index (χ4v) is 1.66. The van der Waals surface area contributed by atoms with Crippen LogP contribution in [-0.2, 0) is 13.0 Å². The maximum absolute atomic E-state index is 5.56. The summed E-state index contributed by atoms with van der Waals surface area (Å²) in [6.45, 7) is 7.50. The highest BCUT2D eigenvalue weighted by Gasteiger charge is 2.10. The molecule has 5 nitrogen and oxygen atoms in total. The molecule has 0 unspecified atom stereocenters. The minimum absolute atomic E-state index is 0.0965. The van der Waals surface area contributed by atoms with E-state index in [2.05, 4.69) is 36.2 Å². The Balaban J connectivity index is 1.77. The summed E-state index contributed by atoms with van der Waals surface area (Å²) in [5, 5.41) is 7.29. The van der Waals surface area contributed by atoms with Crippen LogP contribution in [0.5, 0.6) is 5.75 Å². The van der Waals surface area contributed by atoms with Crippen LogP contribution >= 0.6 is 0 Å². The first-order chi connectivity index (χ1) is 9.53. The van der Waals surface area contributed by atoms with Gasteiger partial charge in [-0.2, -0.15) is 4.98 Å². The zero-order chi connectivity index (χ0) is 14.4. The van der Waals surface area contributed by atoms with Crippen molar-refractivity contribution in [2.24, 2.45) is 0 Å². The number of nitrogens with zero attached hydrogens (tertiary/aromatic N) is 2. The Labute approximate surface area is 119 Å². The molecule has 1 aromatic carbocycles. The van der Waals surface area contributed by atoms with Gasteiger partial charge in [0.2, 0.25) is 11.7 Å². The van der Waals surface area contributed by atoms with Crippen LogP contribution in [0.3, 0.4) is 0 Å². The van der Waals surface area contributed by atoms with Crippen molar-refractivity contribution < 1.29 is 9.26 Å². The van der Waals surface area contributed by atoms with Gasteiger partial charge in [-0.1, -0.05) is 23.4 Å². The summed E-state index contributed by atoms with van der Waals surface area (Å²) in [4.78, 5) is 4.30. The molecular formula is C15H21N3O2. The summed E-state index contributed by atoms with van der Waals surface area (Å²) in [5.41, 5.74) is 0.0965. The number of para-hydroxylation sites is 1. The quantitative estimate of drug-likeness (QED) is 0.878. The first-order valence-corrected chi connectivity index (χ1v) is 6.77. The molecule has 108 valence electrons. The molecule has 0 amide bonds. The highest BCUT2D eigenvalue weighted by Crippen LogP contribution is 2.10. The van der Waals surface area contributed by atoms with E-state index in [9.17, 15) is 0 Å². The van der Waals surface area contributed by atoms with Crippen LogP contribution in [-0.4, -0.2) is 22.2 Å². The van der Waals surface area contributed by atoms with E-state index in [1.807, 2.05) is 30.3 Å². The van der Waals surface area contributed by atoms with E-state index >= 15 is 0 Å². The van der Waals surface area contributed by atoms with E-state index in [-0.39, 0.29) is 5.54 Å². The Kier molecular flexibility index (Phi) is 4.74. The molecule has 0 saturated carbocycles. The van der Waals surface area contributed by atoms with E-state index in [1.165, 1.54) is 0 Å². The Morgan fingerprint density at radius 2 is 1.95 bits per heavy atom. The SMILES string of the molecule is CC(C)(C)NCCc1nc(COc2ccccc2)no1. The van der Waals surface area contributed by atoms with Crippen LogP contribution in [0.15, 0.2) is 34.9 Å². The number of nitrogens with one attached hydrogen (secondary N) is 1. The molecule has 0 aliphatic rings. The molecule has 1 aromatic heterocycles. The lowest BCUT2D eigenvalue weighted by atomic mass is 10.1. The number of benzene rings is 1. The van der Waals surface area contributed by atoms with E-state index in [1.54, 1.807) is 0 Å². The van der Waals surface area contributed by atoms with Gasteiger partial charge in [0.1, 0.15) is 5.75 Å². The van der Waals surface area contributed by atoms with E-state index < -0.39 is 0 Å². The smallest absolute Gasteiger partial charge is 0.228 e. The predicted octanol–water partition coefficient (Wildman–Crippen LogP) is 2.58.